The van der Waals surface area contributed by atoms with Crippen molar-refractivity contribution in [1.82, 2.24) is 9.97 Å². The van der Waals surface area contributed by atoms with E-state index in [1.165, 1.54) is 0 Å². The maximum absolute atomic E-state index is 11.0. The van der Waals surface area contributed by atoms with Gasteiger partial charge in [0.2, 0.25) is 5.82 Å². The third-order valence-corrected chi connectivity index (χ3v) is 2.61. The van der Waals surface area contributed by atoms with Gasteiger partial charge in [0, 0.05) is 19.0 Å². The maximum atomic E-state index is 11.0. The zero-order chi connectivity index (χ0) is 12.4. The Morgan fingerprint density at radius 2 is 2.06 bits per heavy atom. The first-order valence-corrected chi connectivity index (χ1v) is 5.34. The number of benzene rings is 1. The van der Waals surface area contributed by atoms with Crippen LogP contribution < -0.4 is 4.90 Å². The highest BCUT2D eigenvalue weighted by molar-refractivity contribution is 5.93. The lowest BCUT2D eigenvalue weighted by molar-refractivity contribution is 0.0684. The molecule has 0 unspecified atom stereocenters. The van der Waals surface area contributed by atoms with Crippen LogP contribution in [0.2, 0.25) is 0 Å². The Hall–Kier alpha value is -2.17. The molecule has 0 radical (unpaired) electrons. The molecule has 0 amide bonds. The van der Waals surface area contributed by atoms with E-state index in [0.29, 0.717) is 11.3 Å². The molecular weight excluding hydrogens is 218 g/mol. The predicted octanol–water partition coefficient (Wildman–Crippen LogP) is 1.78. The molecule has 2 rings (SSSR count). The average Bonchev–Trinajstić information content (AvgIpc) is 2.36. The summed E-state index contributed by atoms with van der Waals surface area (Å²) < 4.78 is 0. The molecule has 0 saturated heterocycles. The summed E-state index contributed by atoms with van der Waals surface area (Å²) in [6.45, 7) is 2.73. The standard InChI is InChI=1S/C12H13N3O2/c1-3-15(2)11-8-6-4-5-7-9(8)13-10(14-11)12(16)17/h4-7H,3H2,1-2H3,(H,16,17). The molecule has 88 valence electrons. The Kier molecular flexibility index (Phi) is 2.91. The van der Waals surface area contributed by atoms with Crippen LogP contribution in [0, 0.1) is 0 Å². The van der Waals surface area contributed by atoms with Gasteiger partial charge in [-0.3, -0.25) is 0 Å². The van der Waals surface area contributed by atoms with Crippen LogP contribution in [-0.4, -0.2) is 34.6 Å². The minimum atomic E-state index is -1.11. The number of aromatic carboxylic acids is 1. The number of carboxylic acid groups (broad SMARTS) is 1. The lowest BCUT2D eigenvalue weighted by Gasteiger charge is -2.17. The molecular formula is C12H13N3O2. The zero-order valence-electron chi connectivity index (χ0n) is 9.71. The summed E-state index contributed by atoms with van der Waals surface area (Å²) in [4.78, 5) is 21.0. The number of fused-ring (bicyclic) bond motifs is 1. The monoisotopic (exact) mass is 231 g/mol. The van der Waals surface area contributed by atoms with Crippen molar-refractivity contribution >= 4 is 22.7 Å². The number of hydrogen-bond acceptors (Lipinski definition) is 4. The van der Waals surface area contributed by atoms with Crippen LogP contribution in [0.25, 0.3) is 10.9 Å². The minimum Gasteiger partial charge on any atom is -0.475 e. The van der Waals surface area contributed by atoms with Gasteiger partial charge in [-0.1, -0.05) is 12.1 Å². The lowest BCUT2D eigenvalue weighted by Crippen LogP contribution is -2.19. The van der Waals surface area contributed by atoms with Gasteiger partial charge in [-0.15, -0.1) is 0 Å². The van der Waals surface area contributed by atoms with Gasteiger partial charge >= 0.3 is 5.97 Å². The van der Waals surface area contributed by atoms with E-state index in [0.717, 1.165) is 11.9 Å². The predicted molar refractivity (Wildman–Crippen MR) is 65.4 cm³/mol. The number of para-hydroxylation sites is 1. The van der Waals surface area contributed by atoms with Crippen LogP contribution in [0.4, 0.5) is 5.82 Å². The van der Waals surface area contributed by atoms with Crippen LogP contribution in [0.15, 0.2) is 24.3 Å². The molecule has 1 N–H and O–H groups in total. The Morgan fingerprint density at radius 3 is 2.71 bits per heavy atom. The second-order valence-corrected chi connectivity index (χ2v) is 3.71. The summed E-state index contributed by atoms with van der Waals surface area (Å²) in [5.41, 5.74) is 0.648. The third kappa shape index (κ3) is 2.04. The van der Waals surface area contributed by atoms with Crippen LogP contribution in [0.5, 0.6) is 0 Å². The summed E-state index contributed by atoms with van der Waals surface area (Å²) >= 11 is 0. The van der Waals surface area contributed by atoms with Crippen molar-refractivity contribution in [2.45, 2.75) is 6.92 Å². The molecule has 0 atom stereocenters. The van der Waals surface area contributed by atoms with Gasteiger partial charge < -0.3 is 10.0 Å². The highest BCUT2D eigenvalue weighted by Crippen LogP contribution is 2.22. The van der Waals surface area contributed by atoms with E-state index in [2.05, 4.69) is 9.97 Å². The van der Waals surface area contributed by atoms with E-state index in [-0.39, 0.29) is 5.82 Å². The van der Waals surface area contributed by atoms with Crippen molar-refractivity contribution in [1.29, 1.82) is 0 Å². The number of hydrogen-bond donors (Lipinski definition) is 1. The summed E-state index contributed by atoms with van der Waals surface area (Å²) in [6, 6.07) is 7.40. The van der Waals surface area contributed by atoms with E-state index < -0.39 is 5.97 Å². The normalized spacial score (nSPS) is 10.5. The molecule has 2 aromatic rings. The first-order valence-electron chi connectivity index (χ1n) is 5.34. The van der Waals surface area contributed by atoms with Gasteiger partial charge in [-0.2, -0.15) is 0 Å². The molecule has 0 saturated carbocycles. The Labute approximate surface area is 98.7 Å². The van der Waals surface area contributed by atoms with Crippen molar-refractivity contribution in [2.24, 2.45) is 0 Å². The fourth-order valence-corrected chi connectivity index (χ4v) is 1.60. The molecule has 5 nitrogen and oxygen atoms in total. The van der Waals surface area contributed by atoms with Crippen molar-refractivity contribution in [3.8, 4) is 0 Å². The topological polar surface area (TPSA) is 66.3 Å². The summed E-state index contributed by atoms with van der Waals surface area (Å²) in [7, 11) is 1.88. The smallest absolute Gasteiger partial charge is 0.374 e. The molecule has 0 fully saturated rings. The quantitative estimate of drug-likeness (QED) is 0.872. The SMILES string of the molecule is CCN(C)c1nc(C(=O)O)nc2ccccc12. The first-order chi connectivity index (χ1) is 8.13. The molecule has 5 heteroatoms. The highest BCUT2D eigenvalue weighted by atomic mass is 16.4. The number of aromatic nitrogens is 2. The fourth-order valence-electron chi connectivity index (χ4n) is 1.60. The van der Waals surface area contributed by atoms with E-state index in [1.807, 2.05) is 37.1 Å². The Bertz CT molecular complexity index is 569. The Morgan fingerprint density at radius 1 is 1.35 bits per heavy atom. The molecule has 17 heavy (non-hydrogen) atoms. The average molecular weight is 231 g/mol. The van der Waals surface area contributed by atoms with Gasteiger partial charge in [-0.25, -0.2) is 14.8 Å². The summed E-state index contributed by atoms with van der Waals surface area (Å²) in [5, 5.41) is 9.84. The molecule has 0 aliphatic heterocycles. The lowest BCUT2D eigenvalue weighted by atomic mass is 10.2. The van der Waals surface area contributed by atoms with Gasteiger partial charge in [0.25, 0.3) is 0 Å². The van der Waals surface area contributed by atoms with Gasteiger partial charge in [0.1, 0.15) is 5.82 Å². The van der Waals surface area contributed by atoms with Crippen molar-refractivity contribution in [3.63, 3.8) is 0 Å². The molecule has 1 aromatic carbocycles. The summed E-state index contributed by atoms with van der Waals surface area (Å²) in [5.74, 6) is -0.629. The molecule has 1 heterocycles. The van der Waals surface area contributed by atoms with Crippen LogP contribution in [-0.2, 0) is 0 Å². The number of nitrogens with zero attached hydrogens (tertiary/aromatic N) is 3. The maximum Gasteiger partial charge on any atom is 0.374 e. The van der Waals surface area contributed by atoms with E-state index in [4.69, 9.17) is 5.11 Å². The number of anilines is 1. The van der Waals surface area contributed by atoms with Crippen molar-refractivity contribution in [2.75, 3.05) is 18.5 Å². The van der Waals surface area contributed by atoms with E-state index in [9.17, 15) is 4.79 Å². The summed E-state index contributed by atoms with van der Waals surface area (Å²) in [6.07, 6.45) is 0. The van der Waals surface area contributed by atoms with E-state index in [1.54, 1.807) is 6.07 Å². The van der Waals surface area contributed by atoms with Crippen molar-refractivity contribution in [3.05, 3.63) is 30.1 Å². The van der Waals surface area contributed by atoms with Gasteiger partial charge in [0.05, 0.1) is 5.52 Å². The highest BCUT2D eigenvalue weighted by Gasteiger charge is 2.14. The van der Waals surface area contributed by atoms with E-state index >= 15 is 0 Å². The third-order valence-electron chi connectivity index (χ3n) is 2.61. The Balaban J connectivity index is 2.73. The fraction of sp³-hybridized carbons (Fsp3) is 0.250. The molecule has 1 aromatic heterocycles. The second kappa shape index (κ2) is 4.37. The van der Waals surface area contributed by atoms with Crippen LogP contribution in [0.1, 0.15) is 17.5 Å². The largest absolute Gasteiger partial charge is 0.475 e. The minimum absolute atomic E-state index is 0.168. The van der Waals surface area contributed by atoms with Crippen LogP contribution >= 0.6 is 0 Å². The second-order valence-electron chi connectivity index (χ2n) is 3.71. The molecule has 0 bridgehead atoms. The van der Waals surface area contributed by atoms with Gasteiger partial charge in [-0.05, 0) is 19.1 Å². The molecule has 0 aliphatic carbocycles. The number of carbonyl (C=O) groups is 1. The number of carboxylic acids is 1. The number of rotatable bonds is 3. The van der Waals surface area contributed by atoms with Crippen LogP contribution in [0.3, 0.4) is 0 Å². The zero-order valence-corrected chi connectivity index (χ0v) is 9.71. The first kappa shape index (κ1) is 11.3. The van der Waals surface area contributed by atoms with Gasteiger partial charge in [0.15, 0.2) is 0 Å². The molecule has 0 spiro atoms. The molecule has 0 aliphatic rings. The van der Waals surface area contributed by atoms with Crippen molar-refractivity contribution < 1.29 is 9.90 Å².